The van der Waals surface area contributed by atoms with Crippen LogP contribution in [-0.4, -0.2) is 28.9 Å². The number of nitriles is 1. The van der Waals surface area contributed by atoms with E-state index in [9.17, 15) is 4.79 Å². The molecule has 1 fully saturated rings. The van der Waals surface area contributed by atoms with Gasteiger partial charge in [-0.3, -0.25) is 9.48 Å². The van der Waals surface area contributed by atoms with E-state index in [1.807, 2.05) is 0 Å². The van der Waals surface area contributed by atoms with Crippen molar-refractivity contribution in [3.8, 4) is 6.07 Å². The summed E-state index contributed by atoms with van der Waals surface area (Å²) in [6, 6.07) is 9.05. The van der Waals surface area contributed by atoms with Crippen molar-refractivity contribution in [2.75, 3.05) is 18.5 Å². The number of hydrogen-bond acceptors (Lipinski definition) is 5. The molecule has 124 valence electrons. The predicted octanol–water partition coefficient (Wildman–Crippen LogP) is 2.19. The molecule has 1 amide bonds. The van der Waals surface area contributed by atoms with E-state index in [4.69, 9.17) is 15.7 Å². The number of aromatic nitrogens is 2. The molecule has 3 N–H and O–H groups in total. The molecule has 0 radical (unpaired) electrons. The van der Waals surface area contributed by atoms with Crippen LogP contribution >= 0.6 is 0 Å². The average Bonchev–Trinajstić information content (AvgIpc) is 3.00. The van der Waals surface area contributed by atoms with Crippen molar-refractivity contribution in [2.24, 2.45) is 11.7 Å². The third kappa shape index (κ3) is 3.24. The number of primary amides is 1. The Kier molecular flexibility index (Phi) is 4.49. The highest BCUT2D eigenvalue weighted by Crippen LogP contribution is 2.28. The maximum Gasteiger partial charge on any atom is 0.254 e. The smallest absolute Gasteiger partial charge is 0.254 e. The van der Waals surface area contributed by atoms with Gasteiger partial charge in [0.05, 0.1) is 24.3 Å². The first kappa shape index (κ1) is 16.0. The lowest BCUT2D eigenvalue weighted by Crippen LogP contribution is -2.28. The minimum atomic E-state index is -0.540. The average molecular weight is 325 g/mol. The van der Waals surface area contributed by atoms with Gasteiger partial charge in [0.2, 0.25) is 0 Å². The van der Waals surface area contributed by atoms with E-state index in [-0.39, 0.29) is 6.04 Å². The largest absolute Gasteiger partial charge is 0.379 e. The Morgan fingerprint density at radius 1 is 1.46 bits per heavy atom. The Balaban J connectivity index is 1.88. The van der Waals surface area contributed by atoms with E-state index < -0.39 is 5.91 Å². The highest BCUT2D eigenvalue weighted by molar-refractivity contribution is 5.98. The molecule has 7 nitrogen and oxygen atoms in total. The molecule has 0 unspecified atom stereocenters. The Morgan fingerprint density at radius 3 is 2.83 bits per heavy atom. The van der Waals surface area contributed by atoms with Crippen LogP contribution in [-0.2, 0) is 4.74 Å². The van der Waals surface area contributed by atoms with Crippen LogP contribution in [0, 0.1) is 17.2 Å². The van der Waals surface area contributed by atoms with Crippen LogP contribution in [0.4, 0.5) is 11.5 Å². The van der Waals surface area contributed by atoms with Crippen molar-refractivity contribution in [1.29, 1.82) is 5.26 Å². The first-order valence-corrected chi connectivity index (χ1v) is 7.82. The van der Waals surface area contributed by atoms with Crippen LogP contribution in [0.5, 0.6) is 0 Å². The Labute approximate surface area is 140 Å². The summed E-state index contributed by atoms with van der Waals surface area (Å²) in [6.45, 7) is 3.46. The molecular formula is C17H19N5O2. The van der Waals surface area contributed by atoms with Crippen molar-refractivity contribution in [1.82, 2.24) is 9.78 Å². The number of ether oxygens (including phenoxy) is 1. The number of hydrogen-bond donors (Lipinski definition) is 2. The first-order valence-electron chi connectivity index (χ1n) is 7.82. The van der Waals surface area contributed by atoms with Crippen LogP contribution in [0.3, 0.4) is 0 Å². The molecule has 24 heavy (non-hydrogen) atoms. The fourth-order valence-corrected chi connectivity index (χ4v) is 2.77. The van der Waals surface area contributed by atoms with E-state index in [1.165, 1.54) is 0 Å². The SMILES string of the molecule is C[C@H]1CCOC[C@@H]1n1cc(C(N)=O)c(Nc2ccc(C#N)cc2)n1. The zero-order chi connectivity index (χ0) is 17.1. The van der Waals surface area contributed by atoms with E-state index in [0.29, 0.717) is 29.5 Å². The van der Waals surface area contributed by atoms with Gasteiger partial charge >= 0.3 is 0 Å². The van der Waals surface area contributed by atoms with Crippen molar-refractivity contribution in [2.45, 2.75) is 19.4 Å². The molecule has 1 aromatic heterocycles. The molecule has 0 spiro atoms. The number of nitrogens with one attached hydrogen (secondary N) is 1. The molecule has 1 aliphatic rings. The number of amides is 1. The highest BCUT2D eigenvalue weighted by Gasteiger charge is 2.26. The summed E-state index contributed by atoms with van der Waals surface area (Å²) < 4.78 is 7.29. The van der Waals surface area contributed by atoms with E-state index in [1.54, 1.807) is 35.1 Å². The molecule has 1 saturated heterocycles. The Hall–Kier alpha value is -2.85. The minimum Gasteiger partial charge on any atom is -0.379 e. The number of anilines is 2. The quantitative estimate of drug-likeness (QED) is 0.896. The summed E-state index contributed by atoms with van der Waals surface area (Å²) in [6.07, 6.45) is 2.62. The number of nitrogens with two attached hydrogens (primary N) is 1. The van der Waals surface area contributed by atoms with Crippen LogP contribution in [0.2, 0.25) is 0 Å². The maximum atomic E-state index is 11.7. The number of carbonyl (C=O) groups excluding carboxylic acids is 1. The summed E-state index contributed by atoms with van der Waals surface area (Å²) in [5, 5.41) is 16.4. The molecule has 2 atom stereocenters. The van der Waals surface area contributed by atoms with Crippen molar-refractivity contribution < 1.29 is 9.53 Å². The van der Waals surface area contributed by atoms with Crippen molar-refractivity contribution in [3.63, 3.8) is 0 Å². The van der Waals surface area contributed by atoms with Crippen LogP contribution < -0.4 is 11.1 Å². The summed E-state index contributed by atoms with van der Waals surface area (Å²) in [4.78, 5) is 11.7. The monoisotopic (exact) mass is 325 g/mol. The molecule has 0 aliphatic carbocycles. The summed E-state index contributed by atoms with van der Waals surface area (Å²) in [7, 11) is 0. The van der Waals surface area contributed by atoms with Gasteiger partial charge in [-0.25, -0.2) is 0 Å². The zero-order valence-corrected chi connectivity index (χ0v) is 13.4. The van der Waals surface area contributed by atoms with Gasteiger partial charge in [-0.2, -0.15) is 10.4 Å². The van der Waals surface area contributed by atoms with Gasteiger partial charge in [-0.1, -0.05) is 6.92 Å². The number of benzene rings is 1. The van der Waals surface area contributed by atoms with Gasteiger partial charge in [-0.05, 0) is 36.6 Å². The fourth-order valence-electron chi connectivity index (χ4n) is 2.77. The van der Waals surface area contributed by atoms with Crippen LogP contribution in [0.15, 0.2) is 30.5 Å². The number of nitrogens with zero attached hydrogens (tertiary/aromatic N) is 3. The Bertz CT molecular complexity index is 775. The van der Waals surface area contributed by atoms with Gasteiger partial charge in [0.25, 0.3) is 5.91 Å². The standard InChI is InChI=1S/C17H19N5O2/c1-11-6-7-24-10-15(11)22-9-14(16(19)23)17(21-22)20-13-4-2-12(8-18)3-5-13/h2-5,9,11,15H,6-7,10H2,1H3,(H2,19,23)(H,20,21)/t11-,15-/m0/s1. The molecule has 2 heterocycles. The lowest BCUT2D eigenvalue weighted by atomic mass is 9.97. The summed E-state index contributed by atoms with van der Waals surface area (Å²) in [5.41, 5.74) is 7.11. The minimum absolute atomic E-state index is 0.0772. The van der Waals surface area contributed by atoms with E-state index in [2.05, 4.69) is 23.4 Å². The second kappa shape index (κ2) is 6.72. The number of carbonyl (C=O) groups is 1. The normalized spacial score (nSPS) is 20.3. The second-order valence-electron chi connectivity index (χ2n) is 5.96. The lowest BCUT2D eigenvalue weighted by Gasteiger charge is -2.28. The second-order valence-corrected chi connectivity index (χ2v) is 5.96. The van der Waals surface area contributed by atoms with E-state index in [0.717, 1.165) is 18.7 Å². The fraction of sp³-hybridized carbons (Fsp3) is 0.353. The maximum absolute atomic E-state index is 11.7. The molecule has 0 bridgehead atoms. The molecule has 0 saturated carbocycles. The lowest BCUT2D eigenvalue weighted by molar-refractivity contribution is 0.0238. The van der Waals surface area contributed by atoms with Gasteiger partial charge in [-0.15, -0.1) is 0 Å². The van der Waals surface area contributed by atoms with E-state index >= 15 is 0 Å². The van der Waals surface area contributed by atoms with Gasteiger partial charge in [0.1, 0.15) is 5.56 Å². The predicted molar refractivity (Wildman–Crippen MR) is 88.8 cm³/mol. The topological polar surface area (TPSA) is 106 Å². The van der Waals surface area contributed by atoms with Gasteiger partial charge < -0.3 is 15.8 Å². The molecule has 2 aromatic rings. The molecule has 3 rings (SSSR count). The first-order chi connectivity index (χ1) is 11.6. The van der Waals surface area contributed by atoms with Crippen LogP contribution in [0.25, 0.3) is 0 Å². The summed E-state index contributed by atoms with van der Waals surface area (Å²) in [5.74, 6) is 0.272. The molecule has 1 aliphatic heterocycles. The molecule has 1 aromatic carbocycles. The van der Waals surface area contributed by atoms with Crippen molar-refractivity contribution >= 4 is 17.4 Å². The number of rotatable bonds is 4. The Morgan fingerprint density at radius 2 is 2.21 bits per heavy atom. The van der Waals surface area contributed by atoms with Gasteiger partial charge in [0.15, 0.2) is 5.82 Å². The van der Waals surface area contributed by atoms with Gasteiger partial charge in [0, 0.05) is 18.5 Å². The molecular weight excluding hydrogens is 306 g/mol. The summed E-state index contributed by atoms with van der Waals surface area (Å²) >= 11 is 0. The third-order valence-corrected chi connectivity index (χ3v) is 4.28. The van der Waals surface area contributed by atoms with Crippen LogP contribution in [0.1, 0.15) is 35.3 Å². The van der Waals surface area contributed by atoms with Crippen molar-refractivity contribution in [3.05, 3.63) is 41.6 Å². The third-order valence-electron chi connectivity index (χ3n) is 4.28. The zero-order valence-electron chi connectivity index (χ0n) is 13.4. The highest BCUT2D eigenvalue weighted by atomic mass is 16.5. The molecule has 7 heteroatoms.